The molecule has 1 aromatic carbocycles. The van der Waals surface area contributed by atoms with Crippen molar-refractivity contribution in [1.82, 2.24) is 9.88 Å². The van der Waals surface area contributed by atoms with Gasteiger partial charge in [0, 0.05) is 42.0 Å². The van der Waals surface area contributed by atoms with E-state index in [1.165, 1.54) is 5.56 Å². The summed E-state index contributed by atoms with van der Waals surface area (Å²) in [6.07, 6.45) is 2.74. The van der Waals surface area contributed by atoms with Gasteiger partial charge in [-0.15, -0.1) is 0 Å². The molecule has 2 heterocycles. The first-order valence-electron chi connectivity index (χ1n) is 7.66. The van der Waals surface area contributed by atoms with Crippen LogP contribution in [0, 0.1) is 6.92 Å². The molecule has 1 aliphatic heterocycles. The Morgan fingerprint density at radius 2 is 1.87 bits per heavy atom. The lowest BCUT2D eigenvalue weighted by atomic mass is 10.0. The first-order valence-corrected chi connectivity index (χ1v) is 7.66. The van der Waals surface area contributed by atoms with Crippen molar-refractivity contribution < 1.29 is 9.59 Å². The Bertz CT molecular complexity index is 740. The number of pyridine rings is 1. The van der Waals surface area contributed by atoms with E-state index in [-0.39, 0.29) is 11.8 Å². The molecule has 0 bridgehead atoms. The summed E-state index contributed by atoms with van der Waals surface area (Å²) in [6, 6.07) is 10.5. The van der Waals surface area contributed by atoms with Crippen molar-refractivity contribution in [3.8, 4) is 0 Å². The highest BCUT2D eigenvalue weighted by molar-refractivity contribution is 5.97. The van der Waals surface area contributed by atoms with Crippen molar-refractivity contribution in [1.29, 1.82) is 0 Å². The van der Waals surface area contributed by atoms with Crippen LogP contribution in [0.3, 0.4) is 0 Å². The highest BCUT2D eigenvalue weighted by atomic mass is 16.2. The molecule has 1 unspecified atom stereocenters. The fourth-order valence-electron chi connectivity index (χ4n) is 2.93. The quantitative estimate of drug-likeness (QED) is 0.943. The van der Waals surface area contributed by atoms with Gasteiger partial charge in [0.05, 0.1) is 0 Å². The van der Waals surface area contributed by atoms with E-state index < -0.39 is 5.91 Å². The van der Waals surface area contributed by atoms with Crippen LogP contribution in [0.1, 0.15) is 44.3 Å². The average Bonchev–Trinajstić information content (AvgIpc) is 3.04. The molecule has 3 rings (SSSR count). The number of carbonyl (C=O) groups excluding carboxylic acids is 2. The van der Waals surface area contributed by atoms with E-state index in [1.54, 1.807) is 24.3 Å². The maximum atomic E-state index is 12.6. The summed E-state index contributed by atoms with van der Waals surface area (Å²) in [5.41, 5.74) is 8.43. The van der Waals surface area contributed by atoms with Crippen LogP contribution in [0.4, 0.5) is 0 Å². The Kier molecular flexibility index (Phi) is 4.10. The van der Waals surface area contributed by atoms with Crippen LogP contribution in [0.2, 0.25) is 0 Å². The van der Waals surface area contributed by atoms with E-state index in [9.17, 15) is 9.59 Å². The third kappa shape index (κ3) is 3.23. The number of aromatic nitrogens is 1. The lowest BCUT2D eigenvalue weighted by molar-refractivity contribution is 0.0790. The van der Waals surface area contributed by atoms with Crippen molar-refractivity contribution in [3.63, 3.8) is 0 Å². The molecule has 23 heavy (non-hydrogen) atoms. The molecule has 5 nitrogen and oxygen atoms in total. The van der Waals surface area contributed by atoms with Crippen molar-refractivity contribution in [2.75, 3.05) is 13.1 Å². The van der Waals surface area contributed by atoms with E-state index in [4.69, 9.17) is 5.73 Å². The first kappa shape index (κ1) is 15.2. The summed E-state index contributed by atoms with van der Waals surface area (Å²) in [5.74, 6) is -0.226. The standard InChI is InChI=1S/C18H19N3O2/c1-12-6-8-20-16(10-12)15-7-9-21(11-15)18(23)14-4-2-13(3-5-14)17(19)22/h2-6,8,10,15H,7,9,11H2,1H3,(H2,19,22). The molecule has 0 spiro atoms. The van der Waals surface area contributed by atoms with Crippen LogP contribution >= 0.6 is 0 Å². The molecule has 1 atom stereocenters. The predicted molar refractivity (Wildman–Crippen MR) is 87.2 cm³/mol. The zero-order valence-corrected chi connectivity index (χ0v) is 13.0. The van der Waals surface area contributed by atoms with Crippen LogP contribution in [0.5, 0.6) is 0 Å². The van der Waals surface area contributed by atoms with Gasteiger partial charge in [-0.05, 0) is 55.3 Å². The van der Waals surface area contributed by atoms with Crippen LogP contribution < -0.4 is 5.73 Å². The minimum Gasteiger partial charge on any atom is -0.366 e. The molecule has 0 saturated carbocycles. The second kappa shape index (κ2) is 6.20. The van der Waals surface area contributed by atoms with E-state index in [1.807, 2.05) is 24.1 Å². The molecule has 2 N–H and O–H groups in total. The zero-order chi connectivity index (χ0) is 16.4. The van der Waals surface area contributed by atoms with Crippen LogP contribution in [-0.4, -0.2) is 34.8 Å². The lowest BCUT2D eigenvalue weighted by Crippen LogP contribution is -2.28. The van der Waals surface area contributed by atoms with Gasteiger partial charge in [0.25, 0.3) is 5.91 Å². The topological polar surface area (TPSA) is 76.3 Å². The number of aryl methyl sites for hydroxylation is 1. The molecular formula is C18H19N3O2. The van der Waals surface area contributed by atoms with Gasteiger partial charge in [0.2, 0.25) is 5.91 Å². The summed E-state index contributed by atoms with van der Waals surface area (Å²) in [5, 5.41) is 0. The Morgan fingerprint density at radius 3 is 2.52 bits per heavy atom. The molecule has 1 aliphatic rings. The maximum absolute atomic E-state index is 12.6. The smallest absolute Gasteiger partial charge is 0.253 e. The number of amides is 2. The Labute approximate surface area is 135 Å². The van der Waals surface area contributed by atoms with Gasteiger partial charge in [-0.25, -0.2) is 0 Å². The van der Waals surface area contributed by atoms with Crippen LogP contribution in [-0.2, 0) is 0 Å². The molecule has 5 heteroatoms. The number of rotatable bonds is 3. The van der Waals surface area contributed by atoms with Crippen molar-refractivity contribution in [3.05, 3.63) is 65.0 Å². The minimum atomic E-state index is -0.490. The van der Waals surface area contributed by atoms with Gasteiger partial charge in [0.15, 0.2) is 0 Å². The number of nitrogens with zero attached hydrogens (tertiary/aromatic N) is 2. The summed E-state index contributed by atoms with van der Waals surface area (Å²) >= 11 is 0. The normalized spacial score (nSPS) is 17.3. The fraction of sp³-hybridized carbons (Fsp3) is 0.278. The second-order valence-corrected chi connectivity index (χ2v) is 5.94. The minimum absolute atomic E-state index is 0.0174. The molecule has 1 aromatic heterocycles. The van der Waals surface area contributed by atoms with Gasteiger partial charge in [-0.2, -0.15) is 0 Å². The Morgan fingerprint density at radius 1 is 1.17 bits per heavy atom. The number of hydrogen-bond donors (Lipinski definition) is 1. The number of likely N-dealkylation sites (tertiary alicyclic amines) is 1. The highest BCUT2D eigenvalue weighted by Crippen LogP contribution is 2.27. The van der Waals surface area contributed by atoms with E-state index in [0.717, 1.165) is 18.7 Å². The molecular weight excluding hydrogens is 290 g/mol. The monoisotopic (exact) mass is 309 g/mol. The van der Waals surface area contributed by atoms with Crippen LogP contribution in [0.15, 0.2) is 42.6 Å². The summed E-state index contributed by atoms with van der Waals surface area (Å²) in [6.45, 7) is 3.44. The largest absolute Gasteiger partial charge is 0.366 e. The van der Waals surface area contributed by atoms with Gasteiger partial charge < -0.3 is 10.6 Å². The number of hydrogen-bond acceptors (Lipinski definition) is 3. The van der Waals surface area contributed by atoms with E-state index in [0.29, 0.717) is 17.7 Å². The summed E-state index contributed by atoms with van der Waals surface area (Å²) in [4.78, 5) is 29.9. The predicted octanol–water partition coefficient (Wildman–Crippen LogP) is 2.12. The number of primary amides is 1. The highest BCUT2D eigenvalue weighted by Gasteiger charge is 2.28. The number of benzene rings is 1. The van der Waals surface area contributed by atoms with Gasteiger partial charge in [0.1, 0.15) is 0 Å². The molecule has 0 radical (unpaired) electrons. The fourth-order valence-corrected chi connectivity index (χ4v) is 2.93. The number of carbonyl (C=O) groups is 2. The average molecular weight is 309 g/mol. The summed E-state index contributed by atoms with van der Waals surface area (Å²) in [7, 11) is 0. The number of nitrogens with two attached hydrogens (primary N) is 1. The SMILES string of the molecule is Cc1ccnc(C2CCN(C(=O)c3ccc(C(N)=O)cc3)C2)c1. The van der Waals surface area contributed by atoms with E-state index in [2.05, 4.69) is 11.1 Å². The molecule has 2 amide bonds. The van der Waals surface area contributed by atoms with E-state index >= 15 is 0 Å². The Balaban J connectivity index is 1.71. The third-order valence-electron chi connectivity index (χ3n) is 4.25. The third-order valence-corrected chi connectivity index (χ3v) is 4.25. The first-order chi connectivity index (χ1) is 11.0. The molecule has 1 fully saturated rings. The van der Waals surface area contributed by atoms with Crippen LogP contribution in [0.25, 0.3) is 0 Å². The Hall–Kier alpha value is -2.69. The molecule has 2 aromatic rings. The van der Waals surface area contributed by atoms with Crippen molar-refractivity contribution in [2.24, 2.45) is 5.73 Å². The van der Waals surface area contributed by atoms with Crippen molar-refractivity contribution >= 4 is 11.8 Å². The molecule has 1 saturated heterocycles. The molecule has 118 valence electrons. The van der Waals surface area contributed by atoms with Gasteiger partial charge in [-0.3, -0.25) is 14.6 Å². The van der Waals surface area contributed by atoms with Gasteiger partial charge >= 0.3 is 0 Å². The summed E-state index contributed by atoms with van der Waals surface area (Å²) < 4.78 is 0. The molecule has 0 aliphatic carbocycles. The maximum Gasteiger partial charge on any atom is 0.253 e. The second-order valence-electron chi connectivity index (χ2n) is 5.94. The van der Waals surface area contributed by atoms with Gasteiger partial charge in [-0.1, -0.05) is 0 Å². The van der Waals surface area contributed by atoms with Crippen molar-refractivity contribution in [2.45, 2.75) is 19.3 Å². The lowest BCUT2D eigenvalue weighted by Gasteiger charge is -2.16. The zero-order valence-electron chi connectivity index (χ0n) is 13.0.